The molecular weight excluding hydrogens is 374 g/mol. The Morgan fingerprint density at radius 3 is 0.931 bits per heavy atom. The van der Waals surface area contributed by atoms with Crippen LogP contribution in [0.1, 0.15) is 156 Å². The van der Waals surface area contributed by atoms with Gasteiger partial charge in [-0.05, 0) is 32.5 Å². The Hall–Kier alpha value is 0.250. The summed E-state index contributed by atoms with van der Waals surface area (Å²) in [5.41, 5.74) is 0. The maximum Gasteiger partial charge on any atom is -0.00189 e. The molecular formula is C27H58ClN. The van der Waals surface area contributed by atoms with Crippen LogP contribution in [-0.4, -0.2) is 24.5 Å². The Balaban J connectivity index is 0. The lowest BCUT2D eigenvalue weighted by molar-refractivity contribution is 0.281. The van der Waals surface area contributed by atoms with E-state index in [-0.39, 0.29) is 12.4 Å². The molecule has 0 aromatic rings. The minimum atomic E-state index is 0. The molecule has 1 nitrogen and oxygen atoms in total. The highest BCUT2D eigenvalue weighted by molar-refractivity contribution is 5.85. The number of halogens is 1. The molecule has 0 fully saturated rings. The van der Waals surface area contributed by atoms with Gasteiger partial charge < -0.3 is 4.90 Å². The zero-order valence-electron chi connectivity index (χ0n) is 20.8. The van der Waals surface area contributed by atoms with Crippen LogP contribution < -0.4 is 0 Å². The zero-order valence-corrected chi connectivity index (χ0v) is 21.6. The third-order valence-corrected chi connectivity index (χ3v) is 6.31. The van der Waals surface area contributed by atoms with Crippen molar-refractivity contribution in [1.82, 2.24) is 4.90 Å². The standard InChI is InChI=1S/C27H57N.ClH/c1-4-7-8-9-10-11-12-13-14-15-16-17-18-19-20-21-22-23-24-25-27-28(6-3)26-5-2;/h4-27H2,1-3H3;1H. The van der Waals surface area contributed by atoms with Gasteiger partial charge in [0.2, 0.25) is 0 Å². The van der Waals surface area contributed by atoms with E-state index in [4.69, 9.17) is 0 Å². The van der Waals surface area contributed by atoms with Crippen molar-refractivity contribution < 1.29 is 0 Å². The van der Waals surface area contributed by atoms with E-state index in [0.717, 1.165) is 0 Å². The first-order valence-corrected chi connectivity index (χ1v) is 13.6. The van der Waals surface area contributed by atoms with E-state index in [2.05, 4.69) is 25.7 Å². The topological polar surface area (TPSA) is 3.24 Å². The van der Waals surface area contributed by atoms with Crippen LogP contribution in [0, 0.1) is 0 Å². The molecule has 0 aliphatic rings. The highest BCUT2D eigenvalue weighted by Gasteiger charge is 2.00. The summed E-state index contributed by atoms with van der Waals surface area (Å²) in [6, 6.07) is 0. The molecule has 0 amide bonds. The summed E-state index contributed by atoms with van der Waals surface area (Å²) >= 11 is 0. The summed E-state index contributed by atoms with van der Waals surface area (Å²) < 4.78 is 0. The fourth-order valence-corrected chi connectivity index (χ4v) is 4.33. The van der Waals surface area contributed by atoms with Gasteiger partial charge in [-0.3, -0.25) is 0 Å². The molecule has 0 spiro atoms. The molecule has 0 heterocycles. The van der Waals surface area contributed by atoms with Crippen LogP contribution in [0.15, 0.2) is 0 Å². The third kappa shape index (κ3) is 26.2. The van der Waals surface area contributed by atoms with Crippen LogP contribution in [-0.2, 0) is 0 Å². The van der Waals surface area contributed by atoms with E-state index in [1.54, 1.807) is 0 Å². The van der Waals surface area contributed by atoms with Crippen LogP contribution in [0.25, 0.3) is 0 Å². The molecule has 0 N–H and O–H groups in total. The van der Waals surface area contributed by atoms with Crippen LogP contribution in [0.3, 0.4) is 0 Å². The second-order valence-corrected chi connectivity index (χ2v) is 9.15. The van der Waals surface area contributed by atoms with Crippen molar-refractivity contribution in [3.8, 4) is 0 Å². The molecule has 0 saturated heterocycles. The predicted molar refractivity (Wildman–Crippen MR) is 138 cm³/mol. The summed E-state index contributed by atoms with van der Waals surface area (Å²) in [6.45, 7) is 10.7. The molecule has 2 heteroatoms. The fraction of sp³-hybridized carbons (Fsp3) is 1.00. The molecule has 0 atom stereocenters. The Kier molecular flexibility index (Phi) is 30.6. The molecule has 29 heavy (non-hydrogen) atoms. The number of rotatable bonds is 24. The summed E-state index contributed by atoms with van der Waals surface area (Å²) in [5, 5.41) is 0. The Morgan fingerprint density at radius 1 is 0.345 bits per heavy atom. The fourth-order valence-electron chi connectivity index (χ4n) is 4.33. The average molecular weight is 432 g/mol. The minimum Gasteiger partial charge on any atom is -0.304 e. The van der Waals surface area contributed by atoms with Crippen molar-refractivity contribution in [1.29, 1.82) is 0 Å². The molecule has 0 bridgehead atoms. The smallest absolute Gasteiger partial charge is 0.00189 e. The van der Waals surface area contributed by atoms with E-state index in [0.29, 0.717) is 0 Å². The maximum atomic E-state index is 2.61. The van der Waals surface area contributed by atoms with Crippen LogP contribution in [0.4, 0.5) is 0 Å². The van der Waals surface area contributed by atoms with Gasteiger partial charge in [0, 0.05) is 0 Å². The first kappa shape index (κ1) is 31.4. The van der Waals surface area contributed by atoms with Crippen molar-refractivity contribution in [2.45, 2.75) is 156 Å². The van der Waals surface area contributed by atoms with Crippen molar-refractivity contribution in [3.63, 3.8) is 0 Å². The van der Waals surface area contributed by atoms with E-state index >= 15 is 0 Å². The molecule has 0 aliphatic heterocycles. The van der Waals surface area contributed by atoms with Gasteiger partial charge in [-0.25, -0.2) is 0 Å². The van der Waals surface area contributed by atoms with Gasteiger partial charge in [-0.1, -0.05) is 143 Å². The van der Waals surface area contributed by atoms with Crippen LogP contribution >= 0.6 is 12.4 Å². The molecule has 0 saturated carbocycles. The third-order valence-electron chi connectivity index (χ3n) is 6.31. The van der Waals surface area contributed by atoms with Crippen molar-refractivity contribution in [3.05, 3.63) is 0 Å². The monoisotopic (exact) mass is 431 g/mol. The lowest BCUT2D eigenvalue weighted by Gasteiger charge is -2.19. The lowest BCUT2D eigenvalue weighted by atomic mass is 10.0. The molecule has 0 aliphatic carbocycles. The maximum absolute atomic E-state index is 2.61. The number of hydrogen-bond acceptors (Lipinski definition) is 1. The van der Waals surface area contributed by atoms with Gasteiger partial charge in [0.05, 0.1) is 0 Å². The van der Waals surface area contributed by atoms with E-state index in [1.165, 1.54) is 154 Å². The number of unbranched alkanes of at least 4 members (excludes halogenated alkanes) is 19. The predicted octanol–water partition coefficient (Wildman–Crippen LogP) is 9.96. The summed E-state index contributed by atoms with van der Waals surface area (Å²) in [6.07, 6.45) is 30.7. The summed E-state index contributed by atoms with van der Waals surface area (Å²) in [4.78, 5) is 2.61. The summed E-state index contributed by atoms with van der Waals surface area (Å²) in [7, 11) is 0. The Labute approximate surface area is 192 Å². The molecule has 0 aromatic carbocycles. The lowest BCUT2D eigenvalue weighted by Crippen LogP contribution is -2.25. The average Bonchev–Trinajstić information content (AvgIpc) is 2.71. The van der Waals surface area contributed by atoms with Crippen LogP contribution in [0.5, 0.6) is 0 Å². The van der Waals surface area contributed by atoms with Gasteiger partial charge in [0.15, 0.2) is 0 Å². The SMILES string of the molecule is CCCCCCCCCCCCCCCCCCCCCCN(CC)CCC.Cl. The second kappa shape index (κ2) is 28.2. The first-order chi connectivity index (χ1) is 13.8. The van der Waals surface area contributed by atoms with Crippen LogP contribution in [0.2, 0.25) is 0 Å². The normalized spacial score (nSPS) is 11.2. The van der Waals surface area contributed by atoms with E-state index in [1.807, 2.05) is 0 Å². The van der Waals surface area contributed by atoms with Crippen molar-refractivity contribution in [2.75, 3.05) is 19.6 Å². The van der Waals surface area contributed by atoms with E-state index < -0.39 is 0 Å². The Morgan fingerprint density at radius 2 is 0.655 bits per heavy atom. The largest absolute Gasteiger partial charge is 0.304 e. The zero-order chi connectivity index (χ0) is 20.5. The molecule has 0 aromatic heterocycles. The van der Waals surface area contributed by atoms with Gasteiger partial charge in [0.25, 0.3) is 0 Å². The van der Waals surface area contributed by atoms with E-state index in [9.17, 15) is 0 Å². The molecule has 0 unspecified atom stereocenters. The number of hydrogen-bond donors (Lipinski definition) is 0. The summed E-state index contributed by atoms with van der Waals surface area (Å²) in [5.74, 6) is 0. The van der Waals surface area contributed by atoms with Gasteiger partial charge in [-0.15, -0.1) is 12.4 Å². The van der Waals surface area contributed by atoms with Gasteiger partial charge >= 0.3 is 0 Å². The van der Waals surface area contributed by atoms with Crippen molar-refractivity contribution >= 4 is 12.4 Å². The molecule has 0 rings (SSSR count). The van der Waals surface area contributed by atoms with Gasteiger partial charge in [-0.2, -0.15) is 0 Å². The number of nitrogens with zero attached hydrogens (tertiary/aromatic N) is 1. The highest BCUT2D eigenvalue weighted by atomic mass is 35.5. The highest BCUT2D eigenvalue weighted by Crippen LogP contribution is 2.14. The quantitative estimate of drug-likeness (QED) is 0.137. The second-order valence-electron chi connectivity index (χ2n) is 9.15. The first-order valence-electron chi connectivity index (χ1n) is 13.6. The van der Waals surface area contributed by atoms with Gasteiger partial charge in [0.1, 0.15) is 0 Å². The molecule has 0 radical (unpaired) electrons. The van der Waals surface area contributed by atoms with Crippen molar-refractivity contribution in [2.24, 2.45) is 0 Å². The minimum absolute atomic E-state index is 0. The molecule has 178 valence electrons. The Bertz CT molecular complexity index is 269.